The predicted octanol–water partition coefficient (Wildman–Crippen LogP) is 7.25. The number of fused-ring (bicyclic) bond motifs is 1. The van der Waals surface area contributed by atoms with E-state index >= 15 is 0 Å². The standard InChI is InChI=1S/C30H29ClF3N3O4/c31-25-3-1-2-24(30(32,33)34)27(25)28(38)37(26-7-5-20-4-6-22(18-23(20)26)41-29(39)40)17-12-19-10-15-36(16-11-19)21-8-13-35-14-9-21/h1-4,6,8-9,13-14,18-19,26H,5,7,10-12,15-17H2,(H,39,40). The van der Waals surface area contributed by atoms with Gasteiger partial charge in [0.1, 0.15) is 5.75 Å². The van der Waals surface area contributed by atoms with E-state index in [9.17, 15) is 22.8 Å². The first-order valence-corrected chi connectivity index (χ1v) is 13.8. The van der Waals surface area contributed by atoms with Crippen molar-refractivity contribution >= 4 is 29.4 Å². The molecule has 1 atom stereocenters. The smallest absolute Gasteiger partial charge is 0.449 e. The maximum Gasteiger partial charge on any atom is 0.511 e. The lowest BCUT2D eigenvalue weighted by Gasteiger charge is -2.36. The summed E-state index contributed by atoms with van der Waals surface area (Å²) in [4.78, 5) is 33.0. The highest BCUT2D eigenvalue weighted by molar-refractivity contribution is 6.34. The molecule has 41 heavy (non-hydrogen) atoms. The average molecular weight is 588 g/mol. The Morgan fingerprint density at radius 1 is 1.07 bits per heavy atom. The third-order valence-electron chi connectivity index (χ3n) is 7.96. The summed E-state index contributed by atoms with van der Waals surface area (Å²) in [5.41, 5.74) is 1.01. The topological polar surface area (TPSA) is 83.0 Å². The number of alkyl halides is 3. The Kier molecular flexibility index (Phi) is 8.40. The molecular formula is C30H29ClF3N3O4. The Balaban J connectivity index is 1.41. The van der Waals surface area contributed by atoms with Crippen LogP contribution in [0.5, 0.6) is 5.75 Å². The van der Waals surface area contributed by atoms with Crippen molar-refractivity contribution in [3.8, 4) is 5.75 Å². The molecule has 5 rings (SSSR count). The number of carboxylic acid groups (broad SMARTS) is 1. The number of rotatable bonds is 7. The summed E-state index contributed by atoms with van der Waals surface area (Å²) < 4.78 is 46.8. The molecule has 216 valence electrons. The number of amides is 1. The van der Waals surface area contributed by atoms with Crippen molar-refractivity contribution in [3.05, 3.63) is 88.2 Å². The van der Waals surface area contributed by atoms with E-state index in [1.54, 1.807) is 24.5 Å². The van der Waals surface area contributed by atoms with E-state index in [1.807, 2.05) is 12.1 Å². The number of piperidine rings is 1. The lowest BCUT2D eigenvalue weighted by molar-refractivity contribution is -0.138. The fourth-order valence-corrected chi connectivity index (χ4v) is 6.18. The van der Waals surface area contributed by atoms with Gasteiger partial charge in [0.15, 0.2) is 0 Å². The molecule has 2 heterocycles. The number of hydrogen-bond acceptors (Lipinski definition) is 5. The number of nitrogens with zero attached hydrogens (tertiary/aromatic N) is 3. The second-order valence-electron chi connectivity index (χ2n) is 10.4. The Labute approximate surface area is 240 Å². The van der Waals surface area contributed by atoms with Gasteiger partial charge in [0.2, 0.25) is 0 Å². The molecule has 0 bridgehead atoms. The van der Waals surface area contributed by atoms with E-state index in [0.29, 0.717) is 24.8 Å². The Morgan fingerprint density at radius 2 is 1.80 bits per heavy atom. The van der Waals surface area contributed by atoms with Gasteiger partial charge >= 0.3 is 12.3 Å². The number of carbonyl (C=O) groups is 2. The quantitative estimate of drug-likeness (QED) is 0.232. The molecule has 2 aliphatic rings. The van der Waals surface area contributed by atoms with Crippen LogP contribution in [-0.2, 0) is 12.6 Å². The minimum Gasteiger partial charge on any atom is -0.449 e. The fraction of sp³-hybridized carbons (Fsp3) is 0.367. The molecule has 1 amide bonds. The molecule has 1 N–H and O–H groups in total. The number of ether oxygens (including phenoxy) is 1. The Bertz CT molecular complexity index is 1410. The number of anilines is 1. The van der Waals surface area contributed by atoms with Crippen molar-refractivity contribution in [3.63, 3.8) is 0 Å². The van der Waals surface area contributed by atoms with Crippen LogP contribution in [0.3, 0.4) is 0 Å². The number of hydrogen-bond donors (Lipinski definition) is 1. The summed E-state index contributed by atoms with van der Waals surface area (Å²) >= 11 is 6.24. The van der Waals surface area contributed by atoms with Gasteiger partial charge in [-0.2, -0.15) is 13.2 Å². The van der Waals surface area contributed by atoms with E-state index in [1.165, 1.54) is 23.1 Å². The molecule has 1 aliphatic carbocycles. The zero-order chi connectivity index (χ0) is 29.1. The van der Waals surface area contributed by atoms with Gasteiger partial charge in [-0.15, -0.1) is 0 Å². The Morgan fingerprint density at radius 3 is 2.49 bits per heavy atom. The van der Waals surface area contributed by atoms with Gasteiger partial charge in [0.05, 0.1) is 22.2 Å². The largest absolute Gasteiger partial charge is 0.511 e. The molecule has 1 unspecified atom stereocenters. The second kappa shape index (κ2) is 12.0. The van der Waals surface area contributed by atoms with Crippen molar-refractivity contribution < 1.29 is 32.6 Å². The minimum absolute atomic E-state index is 0.0905. The second-order valence-corrected chi connectivity index (χ2v) is 10.8. The third kappa shape index (κ3) is 6.43. The van der Waals surface area contributed by atoms with Crippen molar-refractivity contribution in [1.82, 2.24) is 9.88 Å². The number of pyridine rings is 1. The van der Waals surface area contributed by atoms with Crippen LogP contribution < -0.4 is 9.64 Å². The van der Waals surface area contributed by atoms with E-state index in [-0.39, 0.29) is 23.2 Å². The van der Waals surface area contributed by atoms with E-state index < -0.39 is 35.4 Å². The van der Waals surface area contributed by atoms with Gasteiger partial charge in [0, 0.05) is 37.7 Å². The van der Waals surface area contributed by atoms with Crippen molar-refractivity contribution in [1.29, 1.82) is 0 Å². The number of halogens is 4. The lowest BCUT2D eigenvalue weighted by Crippen LogP contribution is -2.39. The number of aromatic nitrogens is 1. The van der Waals surface area contributed by atoms with Gasteiger partial charge in [-0.25, -0.2) is 4.79 Å². The summed E-state index contributed by atoms with van der Waals surface area (Å²) in [6.07, 6.45) is 0.708. The van der Waals surface area contributed by atoms with Crippen LogP contribution in [0.25, 0.3) is 0 Å². The first-order valence-electron chi connectivity index (χ1n) is 13.5. The predicted molar refractivity (Wildman–Crippen MR) is 147 cm³/mol. The monoisotopic (exact) mass is 587 g/mol. The van der Waals surface area contributed by atoms with Gasteiger partial charge in [-0.05, 0) is 85.5 Å². The number of carbonyl (C=O) groups excluding carboxylic acids is 1. The molecule has 2 aromatic carbocycles. The van der Waals surface area contributed by atoms with E-state index in [0.717, 1.165) is 43.2 Å². The highest BCUT2D eigenvalue weighted by Gasteiger charge is 2.40. The van der Waals surface area contributed by atoms with E-state index in [4.69, 9.17) is 21.4 Å². The lowest BCUT2D eigenvalue weighted by atomic mass is 9.92. The summed E-state index contributed by atoms with van der Waals surface area (Å²) in [6, 6.07) is 11.5. The highest BCUT2D eigenvalue weighted by Crippen LogP contribution is 2.42. The van der Waals surface area contributed by atoms with Crippen LogP contribution in [0.4, 0.5) is 23.7 Å². The summed E-state index contributed by atoms with van der Waals surface area (Å²) in [7, 11) is 0. The highest BCUT2D eigenvalue weighted by atomic mass is 35.5. The molecule has 1 fully saturated rings. The number of aryl methyl sites for hydroxylation is 1. The van der Waals surface area contributed by atoms with Crippen LogP contribution in [0.2, 0.25) is 5.02 Å². The maximum atomic E-state index is 14.0. The molecule has 1 saturated heterocycles. The van der Waals surface area contributed by atoms with Gasteiger partial charge in [-0.1, -0.05) is 23.7 Å². The molecule has 0 saturated carbocycles. The summed E-state index contributed by atoms with van der Waals surface area (Å²) in [5.74, 6) is -0.424. The maximum absolute atomic E-state index is 14.0. The zero-order valence-electron chi connectivity index (χ0n) is 22.1. The van der Waals surface area contributed by atoms with Gasteiger partial charge < -0.3 is 19.6 Å². The molecule has 1 aromatic heterocycles. The Hall–Kier alpha value is -3.79. The zero-order valence-corrected chi connectivity index (χ0v) is 22.9. The van der Waals surface area contributed by atoms with Crippen molar-refractivity contribution in [2.45, 2.75) is 44.3 Å². The third-order valence-corrected chi connectivity index (χ3v) is 8.27. The van der Waals surface area contributed by atoms with E-state index in [2.05, 4.69) is 9.88 Å². The van der Waals surface area contributed by atoms with Crippen LogP contribution in [0, 0.1) is 5.92 Å². The summed E-state index contributed by atoms with van der Waals surface area (Å²) in [5, 5.41) is 8.81. The van der Waals surface area contributed by atoms with Gasteiger partial charge in [0.25, 0.3) is 5.91 Å². The van der Waals surface area contributed by atoms with Crippen LogP contribution in [0.15, 0.2) is 60.9 Å². The summed E-state index contributed by atoms with van der Waals surface area (Å²) in [6.45, 7) is 1.89. The molecule has 0 radical (unpaired) electrons. The minimum atomic E-state index is -4.77. The SMILES string of the molecule is O=C(O)Oc1ccc2c(c1)C(N(CCC1CCN(c3ccncc3)CC1)C(=O)c1c(Cl)cccc1C(F)(F)F)CC2. The molecule has 1 aliphatic heterocycles. The molecule has 7 nitrogen and oxygen atoms in total. The van der Waals surface area contributed by atoms with Crippen LogP contribution >= 0.6 is 11.6 Å². The molecule has 3 aromatic rings. The fourth-order valence-electron chi connectivity index (χ4n) is 5.92. The van der Waals surface area contributed by atoms with Crippen LogP contribution in [-0.4, -0.2) is 46.7 Å². The average Bonchev–Trinajstić information content (AvgIpc) is 3.36. The van der Waals surface area contributed by atoms with Gasteiger partial charge in [-0.3, -0.25) is 9.78 Å². The number of benzene rings is 2. The molecule has 11 heteroatoms. The molecule has 0 spiro atoms. The molecular weight excluding hydrogens is 559 g/mol. The first kappa shape index (κ1) is 28.7. The van der Waals surface area contributed by atoms with Crippen molar-refractivity contribution in [2.75, 3.05) is 24.5 Å². The normalized spacial score (nSPS) is 17.3. The first-order chi connectivity index (χ1) is 19.6. The van der Waals surface area contributed by atoms with Crippen molar-refractivity contribution in [2.24, 2.45) is 5.92 Å². The van der Waals surface area contributed by atoms with Crippen LogP contribution in [0.1, 0.15) is 58.8 Å².